The summed E-state index contributed by atoms with van der Waals surface area (Å²) in [5.41, 5.74) is 0. The predicted octanol–water partition coefficient (Wildman–Crippen LogP) is 0.443. The lowest BCUT2D eigenvalue weighted by Crippen LogP contribution is -2.11. The first-order valence-electron chi connectivity index (χ1n) is 6.36. The van der Waals surface area contributed by atoms with E-state index in [4.69, 9.17) is 4.74 Å². The highest BCUT2D eigenvalue weighted by atomic mass is 16.5. The summed E-state index contributed by atoms with van der Waals surface area (Å²) < 4.78 is 7.24. The van der Waals surface area contributed by atoms with Gasteiger partial charge in [-0.15, -0.1) is 10.2 Å². The summed E-state index contributed by atoms with van der Waals surface area (Å²) in [5.74, 6) is 1.66. The van der Waals surface area contributed by atoms with Gasteiger partial charge in [-0.1, -0.05) is 6.92 Å². The van der Waals surface area contributed by atoms with Gasteiger partial charge in [-0.3, -0.25) is 0 Å². The molecule has 0 atom stereocenters. The number of aromatic nitrogens is 6. The fraction of sp³-hybridized carbons (Fsp3) is 0.545. The Kier molecular flexibility index (Phi) is 4.64. The largest absolute Gasteiger partial charge is 0.463 e. The maximum Gasteiger partial charge on any atom is 0.323 e. The molecule has 0 aliphatic heterocycles. The van der Waals surface area contributed by atoms with E-state index >= 15 is 0 Å². The number of hydrogen-bond acceptors (Lipinski definition) is 8. The molecule has 0 aliphatic rings. The van der Waals surface area contributed by atoms with Gasteiger partial charge in [0.05, 0.1) is 13.2 Å². The molecule has 0 aromatic carbocycles. The highest BCUT2D eigenvalue weighted by Crippen LogP contribution is 2.11. The third kappa shape index (κ3) is 3.53. The predicted molar refractivity (Wildman–Crippen MR) is 73.5 cm³/mol. The lowest BCUT2D eigenvalue weighted by Gasteiger charge is -2.08. The molecule has 20 heavy (non-hydrogen) atoms. The van der Waals surface area contributed by atoms with Gasteiger partial charge in [0.1, 0.15) is 6.33 Å². The lowest BCUT2D eigenvalue weighted by molar-refractivity contribution is 0.292. The molecule has 0 unspecified atom stereocenters. The Morgan fingerprint density at radius 3 is 2.70 bits per heavy atom. The molecule has 0 bridgehead atoms. The summed E-state index contributed by atoms with van der Waals surface area (Å²) in [6, 6.07) is 0.298. The van der Waals surface area contributed by atoms with Gasteiger partial charge in [0, 0.05) is 14.1 Å². The summed E-state index contributed by atoms with van der Waals surface area (Å²) >= 11 is 0. The standard InChI is InChI=1S/C11H18N8O/c1-4-5-20-11-16-9(12-2)15-10(17-11)13-6-8-18-14-7-19(8)3/h7H,4-6H2,1-3H3,(H2,12,13,15,16,17). The molecule has 0 aliphatic carbocycles. The van der Waals surface area contributed by atoms with Crippen LogP contribution < -0.4 is 15.4 Å². The van der Waals surface area contributed by atoms with Crippen molar-refractivity contribution < 1.29 is 4.74 Å². The van der Waals surface area contributed by atoms with E-state index in [9.17, 15) is 0 Å². The number of anilines is 2. The molecule has 0 spiro atoms. The van der Waals surface area contributed by atoms with Gasteiger partial charge in [0.25, 0.3) is 0 Å². The van der Waals surface area contributed by atoms with Crippen molar-refractivity contribution in [1.29, 1.82) is 0 Å². The maximum atomic E-state index is 5.42. The van der Waals surface area contributed by atoms with Crippen molar-refractivity contribution in [2.24, 2.45) is 7.05 Å². The molecule has 0 radical (unpaired) electrons. The first kappa shape index (κ1) is 14.0. The number of aryl methyl sites for hydroxylation is 1. The minimum atomic E-state index is 0.298. The van der Waals surface area contributed by atoms with Crippen LogP contribution in [0.4, 0.5) is 11.9 Å². The van der Waals surface area contributed by atoms with Crippen molar-refractivity contribution in [3.05, 3.63) is 12.2 Å². The quantitative estimate of drug-likeness (QED) is 0.752. The van der Waals surface area contributed by atoms with Crippen LogP contribution in [0.25, 0.3) is 0 Å². The Balaban J connectivity index is 2.07. The van der Waals surface area contributed by atoms with Crippen LogP contribution in [0.1, 0.15) is 19.2 Å². The molecular weight excluding hydrogens is 260 g/mol. The Morgan fingerprint density at radius 1 is 1.25 bits per heavy atom. The highest BCUT2D eigenvalue weighted by molar-refractivity contribution is 5.35. The van der Waals surface area contributed by atoms with Gasteiger partial charge in [0.2, 0.25) is 11.9 Å². The topological polar surface area (TPSA) is 103 Å². The van der Waals surface area contributed by atoms with Gasteiger partial charge in [-0.25, -0.2) is 0 Å². The zero-order chi connectivity index (χ0) is 14.4. The van der Waals surface area contributed by atoms with Crippen LogP contribution in [0.3, 0.4) is 0 Å². The minimum absolute atomic E-state index is 0.298. The summed E-state index contributed by atoms with van der Waals surface area (Å²) in [6.07, 6.45) is 2.53. The van der Waals surface area contributed by atoms with Crippen LogP contribution in [0.2, 0.25) is 0 Å². The Morgan fingerprint density at radius 2 is 2.05 bits per heavy atom. The van der Waals surface area contributed by atoms with E-state index in [0.29, 0.717) is 31.1 Å². The second kappa shape index (κ2) is 6.64. The van der Waals surface area contributed by atoms with Crippen LogP contribution in [-0.4, -0.2) is 43.4 Å². The SMILES string of the molecule is CCCOc1nc(NC)nc(NCc2nncn2C)n1. The number of hydrogen-bond donors (Lipinski definition) is 2. The third-order valence-corrected chi connectivity index (χ3v) is 2.48. The molecule has 0 saturated heterocycles. The van der Waals surface area contributed by atoms with Crippen molar-refractivity contribution in [2.45, 2.75) is 19.9 Å². The number of nitrogens with one attached hydrogen (secondary N) is 2. The molecule has 2 rings (SSSR count). The molecule has 0 amide bonds. The third-order valence-electron chi connectivity index (χ3n) is 2.48. The van der Waals surface area contributed by atoms with Gasteiger partial charge < -0.3 is 19.9 Å². The number of ether oxygens (including phenoxy) is 1. The molecular formula is C11H18N8O. The van der Waals surface area contributed by atoms with Gasteiger partial charge in [-0.05, 0) is 6.42 Å². The van der Waals surface area contributed by atoms with Crippen LogP contribution in [-0.2, 0) is 13.6 Å². The average Bonchev–Trinajstić information content (AvgIpc) is 2.88. The van der Waals surface area contributed by atoms with E-state index in [1.54, 1.807) is 13.4 Å². The molecule has 108 valence electrons. The molecule has 2 aromatic heterocycles. The molecule has 9 heteroatoms. The van der Waals surface area contributed by atoms with Crippen molar-refractivity contribution >= 4 is 11.9 Å². The van der Waals surface area contributed by atoms with Crippen LogP contribution >= 0.6 is 0 Å². The second-order valence-electron chi connectivity index (χ2n) is 4.08. The monoisotopic (exact) mass is 278 g/mol. The zero-order valence-electron chi connectivity index (χ0n) is 11.8. The second-order valence-corrected chi connectivity index (χ2v) is 4.08. The van der Waals surface area contributed by atoms with Crippen molar-refractivity contribution in [2.75, 3.05) is 24.3 Å². The Hall–Kier alpha value is -2.45. The highest BCUT2D eigenvalue weighted by Gasteiger charge is 2.07. The first-order valence-corrected chi connectivity index (χ1v) is 6.36. The van der Waals surface area contributed by atoms with Crippen LogP contribution in [0, 0.1) is 0 Å². The molecule has 0 saturated carbocycles. The van der Waals surface area contributed by atoms with E-state index in [1.165, 1.54) is 0 Å². The smallest absolute Gasteiger partial charge is 0.323 e. The fourth-order valence-corrected chi connectivity index (χ4v) is 1.43. The fourth-order valence-electron chi connectivity index (χ4n) is 1.43. The maximum absolute atomic E-state index is 5.42. The molecule has 2 aromatic rings. The van der Waals surface area contributed by atoms with Crippen molar-refractivity contribution in [3.8, 4) is 6.01 Å². The van der Waals surface area contributed by atoms with Gasteiger partial charge in [0.15, 0.2) is 5.82 Å². The summed E-state index contributed by atoms with van der Waals surface area (Å²) in [4.78, 5) is 12.5. The number of rotatable bonds is 7. The van der Waals surface area contributed by atoms with Gasteiger partial charge >= 0.3 is 6.01 Å². The molecule has 2 heterocycles. The lowest BCUT2D eigenvalue weighted by atomic mass is 10.5. The Labute approximate surface area is 116 Å². The summed E-state index contributed by atoms with van der Waals surface area (Å²) in [7, 11) is 3.62. The van der Waals surface area contributed by atoms with E-state index in [0.717, 1.165) is 12.2 Å². The minimum Gasteiger partial charge on any atom is -0.463 e. The first-order chi connectivity index (χ1) is 9.72. The van der Waals surface area contributed by atoms with Crippen molar-refractivity contribution in [3.63, 3.8) is 0 Å². The molecule has 0 fully saturated rings. The van der Waals surface area contributed by atoms with Crippen molar-refractivity contribution in [1.82, 2.24) is 29.7 Å². The van der Waals surface area contributed by atoms with E-state index in [2.05, 4.69) is 35.8 Å². The average molecular weight is 278 g/mol. The normalized spacial score (nSPS) is 10.3. The zero-order valence-corrected chi connectivity index (χ0v) is 11.8. The van der Waals surface area contributed by atoms with E-state index in [1.807, 2.05) is 18.5 Å². The molecule has 2 N–H and O–H groups in total. The number of nitrogens with zero attached hydrogens (tertiary/aromatic N) is 6. The van der Waals surface area contributed by atoms with Crippen LogP contribution in [0.5, 0.6) is 6.01 Å². The van der Waals surface area contributed by atoms with E-state index < -0.39 is 0 Å². The van der Waals surface area contributed by atoms with E-state index in [-0.39, 0.29) is 0 Å². The van der Waals surface area contributed by atoms with Gasteiger partial charge in [-0.2, -0.15) is 15.0 Å². The Bertz CT molecular complexity index is 555. The molecule has 9 nitrogen and oxygen atoms in total. The summed E-state index contributed by atoms with van der Waals surface area (Å²) in [5, 5.41) is 13.7. The summed E-state index contributed by atoms with van der Waals surface area (Å²) in [6.45, 7) is 3.06. The van der Waals surface area contributed by atoms with Crippen LogP contribution in [0.15, 0.2) is 6.33 Å².